The van der Waals surface area contributed by atoms with Gasteiger partial charge in [-0.3, -0.25) is 9.78 Å². The Hall–Kier alpha value is -2.23. The molecule has 0 saturated heterocycles. The number of hydrogen-bond donors (Lipinski definition) is 0. The number of carbonyl (C=O) groups excluding carboxylic acids is 1. The zero-order valence-corrected chi connectivity index (χ0v) is 12.7. The van der Waals surface area contributed by atoms with Gasteiger partial charge in [0.05, 0.1) is 17.9 Å². The Morgan fingerprint density at radius 1 is 1.14 bits per heavy atom. The van der Waals surface area contributed by atoms with Crippen LogP contribution in [0.2, 0.25) is 0 Å². The third-order valence-electron chi connectivity index (χ3n) is 4.61. The molecular weight excluding hydrogens is 274 g/mol. The monoisotopic (exact) mass is 293 g/mol. The standard InChI is InChI=1S/C18H19N3O/c1-12-10-20-16(11-19-12)18(22)21(14-7-8-14)17-9-6-13-4-2-3-5-15(13)17/h2-5,10-11,14,17H,6-9H2,1H3. The molecule has 4 rings (SSSR count). The van der Waals surface area contributed by atoms with Gasteiger partial charge in [-0.05, 0) is 43.7 Å². The number of amides is 1. The molecule has 0 bridgehead atoms. The summed E-state index contributed by atoms with van der Waals surface area (Å²) in [6, 6.07) is 9.05. The summed E-state index contributed by atoms with van der Waals surface area (Å²) in [4.78, 5) is 23.5. The fourth-order valence-corrected chi connectivity index (χ4v) is 3.37. The van der Waals surface area contributed by atoms with Gasteiger partial charge in [0, 0.05) is 12.2 Å². The van der Waals surface area contributed by atoms with Gasteiger partial charge >= 0.3 is 0 Å². The van der Waals surface area contributed by atoms with Crippen LogP contribution in [0.25, 0.3) is 0 Å². The van der Waals surface area contributed by atoms with Crippen molar-refractivity contribution in [2.75, 3.05) is 0 Å². The zero-order chi connectivity index (χ0) is 15.1. The zero-order valence-electron chi connectivity index (χ0n) is 12.7. The van der Waals surface area contributed by atoms with Gasteiger partial charge in [0.15, 0.2) is 0 Å². The van der Waals surface area contributed by atoms with Gasteiger partial charge < -0.3 is 4.90 Å². The summed E-state index contributed by atoms with van der Waals surface area (Å²) in [6.07, 6.45) is 7.54. The molecule has 1 unspecified atom stereocenters. The fourth-order valence-electron chi connectivity index (χ4n) is 3.37. The van der Waals surface area contributed by atoms with E-state index >= 15 is 0 Å². The Bertz CT molecular complexity index is 707. The maximum atomic E-state index is 13.0. The summed E-state index contributed by atoms with van der Waals surface area (Å²) in [6.45, 7) is 1.88. The van der Waals surface area contributed by atoms with Crippen LogP contribution in [0.5, 0.6) is 0 Å². The number of aryl methyl sites for hydroxylation is 2. The fraction of sp³-hybridized carbons (Fsp3) is 0.389. The molecule has 1 heterocycles. The average molecular weight is 293 g/mol. The molecule has 2 aliphatic carbocycles. The minimum Gasteiger partial charge on any atom is -0.327 e. The first kappa shape index (κ1) is 13.4. The largest absolute Gasteiger partial charge is 0.327 e. The quantitative estimate of drug-likeness (QED) is 0.873. The normalized spacial score (nSPS) is 19.8. The Labute approximate surface area is 130 Å². The molecule has 1 amide bonds. The van der Waals surface area contributed by atoms with Crippen molar-refractivity contribution in [2.24, 2.45) is 0 Å². The van der Waals surface area contributed by atoms with Crippen LogP contribution in [-0.4, -0.2) is 26.8 Å². The summed E-state index contributed by atoms with van der Waals surface area (Å²) in [5, 5.41) is 0. The second kappa shape index (κ2) is 5.20. The topological polar surface area (TPSA) is 46.1 Å². The Morgan fingerprint density at radius 2 is 1.95 bits per heavy atom. The molecule has 22 heavy (non-hydrogen) atoms. The first-order chi connectivity index (χ1) is 10.7. The van der Waals surface area contributed by atoms with Crippen molar-refractivity contribution in [3.63, 3.8) is 0 Å². The van der Waals surface area contributed by atoms with Crippen LogP contribution in [0.1, 0.15) is 52.6 Å². The van der Waals surface area contributed by atoms with Crippen LogP contribution in [-0.2, 0) is 6.42 Å². The number of fused-ring (bicyclic) bond motifs is 1. The first-order valence-corrected chi connectivity index (χ1v) is 7.93. The molecule has 4 nitrogen and oxygen atoms in total. The SMILES string of the molecule is Cc1cnc(C(=O)N(C2CC2)C2CCc3ccccc32)cn1. The molecule has 1 aromatic carbocycles. The van der Waals surface area contributed by atoms with Crippen LogP contribution < -0.4 is 0 Å². The number of hydrogen-bond acceptors (Lipinski definition) is 3. The minimum atomic E-state index is 0.0247. The van der Waals surface area contributed by atoms with Crippen LogP contribution >= 0.6 is 0 Å². The lowest BCUT2D eigenvalue weighted by Crippen LogP contribution is -2.36. The van der Waals surface area contributed by atoms with Crippen molar-refractivity contribution in [1.29, 1.82) is 0 Å². The van der Waals surface area contributed by atoms with Gasteiger partial charge in [0.2, 0.25) is 0 Å². The van der Waals surface area contributed by atoms with E-state index in [1.165, 1.54) is 11.1 Å². The van der Waals surface area contributed by atoms with Gasteiger partial charge in [0.25, 0.3) is 5.91 Å². The van der Waals surface area contributed by atoms with Gasteiger partial charge in [-0.25, -0.2) is 4.98 Å². The lowest BCUT2D eigenvalue weighted by Gasteiger charge is -2.29. The second-order valence-electron chi connectivity index (χ2n) is 6.24. The van der Waals surface area contributed by atoms with E-state index in [-0.39, 0.29) is 11.9 Å². The van der Waals surface area contributed by atoms with E-state index in [1.807, 2.05) is 6.92 Å². The first-order valence-electron chi connectivity index (χ1n) is 7.93. The molecule has 0 radical (unpaired) electrons. The Morgan fingerprint density at radius 3 is 2.68 bits per heavy atom. The van der Waals surface area contributed by atoms with Crippen molar-refractivity contribution >= 4 is 5.91 Å². The average Bonchev–Trinajstić information content (AvgIpc) is 3.28. The molecule has 2 aromatic rings. The van der Waals surface area contributed by atoms with Gasteiger partial charge in [-0.15, -0.1) is 0 Å². The van der Waals surface area contributed by atoms with Crippen LogP contribution in [0, 0.1) is 6.92 Å². The Balaban J connectivity index is 1.67. The molecule has 1 aromatic heterocycles. The number of nitrogens with zero attached hydrogens (tertiary/aromatic N) is 3. The summed E-state index contributed by atoms with van der Waals surface area (Å²) < 4.78 is 0. The molecule has 4 heteroatoms. The molecule has 0 spiro atoms. The molecule has 1 saturated carbocycles. The van der Waals surface area contributed by atoms with E-state index in [4.69, 9.17) is 0 Å². The van der Waals surface area contributed by atoms with E-state index in [2.05, 4.69) is 39.1 Å². The van der Waals surface area contributed by atoms with Crippen molar-refractivity contribution in [3.8, 4) is 0 Å². The molecular formula is C18H19N3O. The predicted octanol–water partition coefficient (Wildman–Crippen LogP) is 3.08. The van der Waals surface area contributed by atoms with E-state index < -0.39 is 0 Å². The predicted molar refractivity (Wildman–Crippen MR) is 83.5 cm³/mol. The summed E-state index contributed by atoms with van der Waals surface area (Å²) >= 11 is 0. The van der Waals surface area contributed by atoms with Gasteiger partial charge in [-0.2, -0.15) is 0 Å². The minimum absolute atomic E-state index is 0.0247. The van der Waals surface area contributed by atoms with Crippen LogP contribution in [0.15, 0.2) is 36.7 Å². The number of carbonyl (C=O) groups is 1. The van der Waals surface area contributed by atoms with E-state index in [1.54, 1.807) is 12.4 Å². The maximum absolute atomic E-state index is 13.0. The molecule has 1 fully saturated rings. The molecule has 1 atom stereocenters. The van der Waals surface area contributed by atoms with Crippen LogP contribution in [0.3, 0.4) is 0 Å². The van der Waals surface area contributed by atoms with Crippen molar-refractivity contribution < 1.29 is 4.79 Å². The maximum Gasteiger partial charge on any atom is 0.274 e. The number of benzene rings is 1. The summed E-state index contributed by atoms with van der Waals surface area (Å²) in [7, 11) is 0. The molecule has 0 N–H and O–H groups in total. The lowest BCUT2D eigenvalue weighted by atomic mass is 10.1. The summed E-state index contributed by atoms with van der Waals surface area (Å²) in [5.41, 5.74) is 3.98. The lowest BCUT2D eigenvalue weighted by molar-refractivity contribution is 0.0651. The number of rotatable bonds is 3. The van der Waals surface area contributed by atoms with Gasteiger partial charge in [0.1, 0.15) is 5.69 Å². The highest BCUT2D eigenvalue weighted by Crippen LogP contribution is 2.42. The van der Waals surface area contributed by atoms with E-state index in [0.717, 1.165) is 31.4 Å². The third kappa shape index (κ3) is 2.28. The molecule has 112 valence electrons. The highest BCUT2D eigenvalue weighted by Gasteiger charge is 2.41. The van der Waals surface area contributed by atoms with E-state index in [9.17, 15) is 4.79 Å². The second-order valence-corrected chi connectivity index (χ2v) is 6.24. The van der Waals surface area contributed by atoms with Gasteiger partial charge in [-0.1, -0.05) is 24.3 Å². The smallest absolute Gasteiger partial charge is 0.274 e. The Kier molecular flexibility index (Phi) is 3.17. The van der Waals surface area contributed by atoms with Crippen molar-refractivity contribution in [3.05, 3.63) is 59.2 Å². The van der Waals surface area contributed by atoms with Crippen molar-refractivity contribution in [2.45, 2.75) is 44.7 Å². The third-order valence-corrected chi connectivity index (χ3v) is 4.61. The van der Waals surface area contributed by atoms with E-state index in [0.29, 0.717) is 11.7 Å². The summed E-state index contributed by atoms with van der Waals surface area (Å²) in [5.74, 6) is 0.0247. The highest BCUT2D eigenvalue weighted by molar-refractivity contribution is 5.92. The molecule has 0 aliphatic heterocycles. The molecule has 2 aliphatic rings. The number of aromatic nitrogens is 2. The van der Waals surface area contributed by atoms with Crippen molar-refractivity contribution in [1.82, 2.24) is 14.9 Å². The highest BCUT2D eigenvalue weighted by atomic mass is 16.2. The van der Waals surface area contributed by atoms with Crippen LogP contribution in [0.4, 0.5) is 0 Å².